The molecule has 0 aliphatic rings. The third-order valence-electron chi connectivity index (χ3n) is 3.11. The summed E-state index contributed by atoms with van der Waals surface area (Å²) in [5.74, 6) is 0.391. The number of ketones is 1. The second-order valence-corrected chi connectivity index (χ2v) is 5.83. The number of nitrogens with zero attached hydrogens (tertiary/aromatic N) is 1. The first-order valence-corrected chi connectivity index (χ1v) is 7.43. The van der Waals surface area contributed by atoms with Crippen LogP contribution >= 0.6 is 11.8 Å². The zero-order valence-electron chi connectivity index (χ0n) is 11.8. The lowest BCUT2D eigenvalue weighted by Gasteiger charge is -2.06. The van der Waals surface area contributed by atoms with Crippen LogP contribution < -0.4 is 0 Å². The zero-order chi connectivity index (χ0) is 15.4. The first-order chi connectivity index (χ1) is 9.97. The molecule has 0 heterocycles. The van der Waals surface area contributed by atoms with E-state index in [1.165, 1.54) is 23.9 Å². The van der Waals surface area contributed by atoms with Gasteiger partial charge in [-0.15, -0.1) is 11.8 Å². The van der Waals surface area contributed by atoms with Crippen LogP contribution in [0, 0.1) is 24.0 Å². The molecule has 0 N–H and O–H groups in total. The lowest BCUT2D eigenvalue weighted by Crippen LogP contribution is -2.05. The molecule has 0 saturated heterocycles. The molecule has 0 amide bonds. The summed E-state index contributed by atoms with van der Waals surface area (Å²) < 4.78 is 0. The highest BCUT2D eigenvalue weighted by atomic mass is 32.2. The maximum atomic E-state index is 12.2. The molecule has 108 valence electrons. The van der Waals surface area contributed by atoms with Crippen molar-refractivity contribution in [2.75, 3.05) is 5.75 Å². The van der Waals surface area contributed by atoms with Crippen LogP contribution in [-0.2, 0) is 0 Å². The molecule has 0 saturated carbocycles. The molecule has 5 heteroatoms. The fourth-order valence-corrected chi connectivity index (χ4v) is 2.71. The van der Waals surface area contributed by atoms with Crippen LogP contribution in [0.4, 0.5) is 5.69 Å². The van der Waals surface area contributed by atoms with Crippen LogP contribution in [0.1, 0.15) is 21.5 Å². The number of non-ortho nitro benzene ring substituents is 1. The third-order valence-corrected chi connectivity index (χ3v) is 4.12. The highest BCUT2D eigenvalue weighted by molar-refractivity contribution is 8.00. The lowest BCUT2D eigenvalue weighted by atomic mass is 10.0. The number of carbonyl (C=O) groups is 1. The minimum absolute atomic E-state index is 0.0557. The van der Waals surface area contributed by atoms with Gasteiger partial charge in [-0.25, -0.2) is 0 Å². The number of hydrogen-bond acceptors (Lipinski definition) is 4. The van der Waals surface area contributed by atoms with E-state index in [0.717, 1.165) is 21.6 Å². The van der Waals surface area contributed by atoms with Gasteiger partial charge in [0.15, 0.2) is 5.78 Å². The topological polar surface area (TPSA) is 60.2 Å². The molecule has 0 bridgehead atoms. The number of aryl methyl sites for hydroxylation is 2. The van der Waals surface area contributed by atoms with E-state index in [2.05, 4.69) is 0 Å². The van der Waals surface area contributed by atoms with Crippen molar-refractivity contribution >= 4 is 23.2 Å². The third kappa shape index (κ3) is 3.92. The molecule has 0 spiro atoms. The van der Waals surface area contributed by atoms with Gasteiger partial charge < -0.3 is 0 Å². The molecule has 2 rings (SSSR count). The molecular weight excluding hydrogens is 286 g/mol. The summed E-state index contributed by atoms with van der Waals surface area (Å²) in [6.07, 6.45) is 0. The second kappa shape index (κ2) is 6.54. The molecule has 0 unspecified atom stereocenters. The smallest absolute Gasteiger partial charge is 0.269 e. The summed E-state index contributed by atoms with van der Waals surface area (Å²) in [5.41, 5.74) is 2.82. The van der Waals surface area contributed by atoms with Gasteiger partial charge in [-0.3, -0.25) is 14.9 Å². The molecule has 0 atom stereocenters. The van der Waals surface area contributed by atoms with E-state index < -0.39 is 4.92 Å². The summed E-state index contributed by atoms with van der Waals surface area (Å²) in [5, 5.41) is 10.6. The number of hydrogen-bond donors (Lipinski definition) is 0. The molecule has 0 aliphatic carbocycles. The summed E-state index contributed by atoms with van der Waals surface area (Å²) in [7, 11) is 0. The van der Waals surface area contributed by atoms with Gasteiger partial charge in [-0.1, -0.05) is 17.7 Å². The Morgan fingerprint density at radius 3 is 2.43 bits per heavy atom. The zero-order valence-corrected chi connectivity index (χ0v) is 12.6. The Labute approximate surface area is 127 Å². The summed E-state index contributed by atoms with van der Waals surface area (Å²) in [6, 6.07) is 12.1. The average molecular weight is 301 g/mol. The van der Waals surface area contributed by atoms with Gasteiger partial charge >= 0.3 is 0 Å². The summed E-state index contributed by atoms with van der Waals surface area (Å²) >= 11 is 1.39. The summed E-state index contributed by atoms with van der Waals surface area (Å²) in [6.45, 7) is 3.88. The number of carbonyl (C=O) groups excluding carboxylic acids is 1. The van der Waals surface area contributed by atoms with E-state index in [0.29, 0.717) is 5.75 Å². The van der Waals surface area contributed by atoms with Crippen LogP contribution in [0.25, 0.3) is 0 Å². The highest BCUT2D eigenvalue weighted by Crippen LogP contribution is 2.23. The first-order valence-electron chi connectivity index (χ1n) is 6.45. The second-order valence-electron chi connectivity index (χ2n) is 4.78. The van der Waals surface area contributed by atoms with Crippen molar-refractivity contribution < 1.29 is 9.72 Å². The van der Waals surface area contributed by atoms with Crippen molar-refractivity contribution in [3.8, 4) is 0 Å². The van der Waals surface area contributed by atoms with Crippen molar-refractivity contribution in [3.05, 3.63) is 69.3 Å². The van der Waals surface area contributed by atoms with Crippen LogP contribution in [0.5, 0.6) is 0 Å². The van der Waals surface area contributed by atoms with Crippen LogP contribution in [0.3, 0.4) is 0 Å². The minimum Gasteiger partial charge on any atom is -0.293 e. The normalized spacial score (nSPS) is 10.4. The van der Waals surface area contributed by atoms with Crippen molar-refractivity contribution in [2.24, 2.45) is 0 Å². The van der Waals surface area contributed by atoms with Gasteiger partial charge in [0.1, 0.15) is 0 Å². The van der Waals surface area contributed by atoms with Crippen molar-refractivity contribution in [2.45, 2.75) is 18.7 Å². The molecule has 21 heavy (non-hydrogen) atoms. The minimum atomic E-state index is -0.435. The SMILES string of the molecule is Cc1ccc(C)c(C(=O)CSc2ccc([N+](=O)[O-])cc2)c1. The Hall–Kier alpha value is -2.14. The van der Waals surface area contributed by atoms with Crippen LogP contribution in [-0.4, -0.2) is 16.5 Å². The summed E-state index contributed by atoms with van der Waals surface area (Å²) in [4.78, 5) is 23.2. The number of benzene rings is 2. The monoisotopic (exact) mass is 301 g/mol. The van der Waals surface area contributed by atoms with Gasteiger partial charge in [0.2, 0.25) is 0 Å². The fraction of sp³-hybridized carbons (Fsp3) is 0.188. The Balaban J connectivity index is 2.04. The molecule has 0 aromatic heterocycles. The Morgan fingerprint density at radius 2 is 1.81 bits per heavy atom. The standard InChI is InChI=1S/C16H15NO3S/c1-11-3-4-12(2)15(9-11)16(18)10-21-14-7-5-13(6-8-14)17(19)20/h3-9H,10H2,1-2H3. The highest BCUT2D eigenvalue weighted by Gasteiger charge is 2.11. The van der Waals surface area contributed by atoms with Gasteiger partial charge in [-0.2, -0.15) is 0 Å². The molecule has 4 nitrogen and oxygen atoms in total. The van der Waals surface area contributed by atoms with Crippen LogP contribution in [0.2, 0.25) is 0 Å². The largest absolute Gasteiger partial charge is 0.293 e. The van der Waals surface area contributed by atoms with Crippen molar-refractivity contribution in [1.29, 1.82) is 0 Å². The van der Waals surface area contributed by atoms with Crippen molar-refractivity contribution in [1.82, 2.24) is 0 Å². The maximum Gasteiger partial charge on any atom is 0.269 e. The molecular formula is C16H15NO3S. The average Bonchev–Trinajstić information content (AvgIpc) is 2.47. The van der Waals surface area contributed by atoms with E-state index in [1.807, 2.05) is 32.0 Å². The van der Waals surface area contributed by atoms with E-state index in [-0.39, 0.29) is 11.5 Å². The Bertz CT molecular complexity index is 680. The van der Waals surface area contributed by atoms with E-state index >= 15 is 0 Å². The predicted octanol–water partition coefficient (Wildman–Crippen LogP) is 4.19. The quantitative estimate of drug-likeness (QED) is 0.359. The predicted molar refractivity (Wildman–Crippen MR) is 84.1 cm³/mol. The number of nitro groups is 1. The maximum absolute atomic E-state index is 12.2. The van der Waals surface area contributed by atoms with Gasteiger partial charge in [-0.05, 0) is 37.6 Å². The fourth-order valence-electron chi connectivity index (χ4n) is 1.93. The number of nitro benzene ring substituents is 1. The molecule has 0 radical (unpaired) electrons. The molecule has 2 aromatic carbocycles. The number of Topliss-reactive ketones (excluding diaryl/α,β-unsaturated/α-hetero) is 1. The van der Waals surface area contributed by atoms with E-state index in [1.54, 1.807) is 12.1 Å². The molecule has 0 aliphatic heterocycles. The molecule has 2 aromatic rings. The Kier molecular flexibility index (Phi) is 4.75. The number of rotatable bonds is 5. The van der Waals surface area contributed by atoms with Crippen LogP contribution in [0.15, 0.2) is 47.4 Å². The van der Waals surface area contributed by atoms with Gasteiger partial charge in [0.25, 0.3) is 5.69 Å². The van der Waals surface area contributed by atoms with Gasteiger partial charge in [0.05, 0.1) is 10.7 Å². The Morgan fingerprint density at radius 1 is 1.14 bits per heavy atom. The van der Waals surface area contributed by atoms with E-state index in [9.17, 15) is 14.9 Å². The lowest BCUT2D eigenvalue weighted by molar-refractivity contribution is -0.384. The van der Waals surface area contributed by atoms with Crippen molar-refractivity contribution in [3.63, 3.8) is 0 Å². The van der Waals surface area contributed by atoms with Gasteiger partial charge in [0, 0.05) is 22.6 Å². The first kappa shape index (κ1) is 15.3. The molecule has 0 fully saturated rings. The van der Waals surface area contributed by atoms with E-state index in [4.69, 9.17) is 0 Å². The number of thioether (sulfide) groups is 1.